The molecule has 1 atom stereocenters. The molecule has 7 heteroatoms. The topological polar surface area (TPSA) is 50.1 Å². The van der Waals surface area contributed by atoms with Gasteiger partial charge >= 0.3 is 6.36 Å². The Balaban J connectivity index is 3.34. The third kappa shape index (κ3) is 4.14. The summed E-state index contributed by atoms with van der Waals surface area (Å²) in [5.41, 5.74) is 0.120. The standard InChI is InChI=1S/C12H9ClF3NO2/c1-7(18)11(13)10-8(5-6-17)3-2-4-9(10)19-12(14,15)16/h2-4,11H,5H2,1H3. The molecule has 0 aliphatic carbocycles. The summed E-state index contributed by atoms with van der Waals surface area (Å²) in [6.45, 7) is 1.15. The molecule has 0 spiro atoms. The van der Waals surface area contributed by atoms with Crippen molar-refractivity contribution in [3.8, 4) is 11.8 Å². The van der Waals surface area contributed by atoms with Gasteiger partial charge in [-0.2, -0.15) is 5.26 Å². The molecule has 0 fully saturated rings. The quantitative estimate of drug-likeness (QED) is 0.798. The molecule has 0 aromatic heterocycles. The van der Waals surface area contributed by atoms with Crippen LogP contribution in [-0.4, -0.2) is 12.1 Å². The minimum Gasteiger partial charge on any atom is -0.405 e. The van der Waals surface area contributed by atoms with Gasteiger partial charge in [0.25, 0.3) is 0 Å². The van der Waals surface area contributed by atoms with Gasteiger partial charge in [-0.1, -0.05) is 12.1 Å². The second-order valence-electron chi connectivity index (χ2n) is 3.68. The maximum atomic E-state index is 12.3. The van der Waals surface area contributed by atoms with Gasteiger partial charge in [-0.05, 0) is 18.6 Å². The second kappa shape index (κ2) is 5.93. The van der Waals surface area contributed by atoms with Crippen LogP contribution in [0.3, 0.4) is 0 Å². The van der Waals surface area contributed by atoms with E-state index in [4.69, 9.17) is 16.9 Å². The zero-order valence-corrected chi connectivity index (χ0v) is 10.5. The number of benzene rings is 1. The van der Waals surface area contributed by atoms with E-state index in [-0.39, 0.29) is 17.5 Å². The number of halogens is 4. The first-order valence-corrected chi connectivity index (χ1v) is 5.59. The molecule has 19 heavy (non-hydrogen) atoms. The van der Waals surface area contributed by atoms with E-state index in [1.165, 1.54) is 12.1 Å². The van der Waals surface area contributed by atoms with Crippen LogP contribution in [0.1, 0.15) is 23.4 Å². The number of Topliss-reactive ketones (excluding diaryl/α,β-unsaturated/α-hetero) is 1. The van der Waals surface area contributed by atoms with Gasteiger partial charge < -0.3 is 4.74 Å². The molecule has 1 rings (SSSR count). The molecule has 0 saturated carbocycles. The third-order valence-corrected chi connectivity index (χ3v) is 2.79. The van der Waals surface area contributed by atoms with E-state index in [0.717, 1.165) is 13.0 Å². The summed E-state index contributed by atoms with van der Waals surface area (Å²) < 4.78 is 40.7. The molecule has 0 aliphatic heterocycles. The molecule has 1 aromatic rings. The molecular formula is C12H9ClF3NO2. The Morgan fingerprint density at radius 1 is 1.53 bits per heavy atom. The zero-order valence-electron chi connectivity index (χ0n) is 9.79. The van der Waals surface area contributed by atoms with Gasteiger partial charge in [0.15, 0.2) is 5.78 Å². The molecule has 0 saturated heterocycles. The van der Waals surface area contributed by atoms with E-state index in [1.807, 2.05) is 0 Å². The molecule has 0 N–H and O–H groups in total. The Bertz CT molecular complexity index is 523. The van der Waals surface area contributed by atoms with Crippen LogP contribution in [0, 0.1) is 11.3 Å². The highest BCUT2D eigenvalue weighted by Crippen LogP contribution is 2.36. The fourth-order valence-electron chi connectivity index (χ4n) is 1.53. The van der Waals surface area contributed by atoms with E-state index < -0.39 is 23.3 Å². The molecule has 0 bridgehead atoms. The van der Waals surface area contributed by atoms with Crippen molar-refractivity contribution in [2.75, 3.05) is 0 Å². The lowest BCUT2D eigenvalue weighted by atomic mass is 9.99. The summed E-state index contributed by atoms with van der Waals surface area (Å²) in [5.74, 6) is -1.09. The minimum atomic E-state index is -4.90. The van der Waals surface area contributed by atoms with Crippen LogP contribution in [0.25, 0.3) is 0 Å². The number of nitriles is 1. The number of ketones is 1. The number of carbonyl (C=O) groups excluding carboxylic acids is 1. The fourth-order valence-corrected chi connectivity index (χ4v) is 1.78. The molecule has 0 amide bonds. The number of hydrogen-bond acceptors (Lipinski definition) is 3. The third-order valence-electron chi connectivity index (χ3n) is 2.26. The SMILES string of the molecule is CC(=O)C(Cl)c1c(CC#N)cccc1OC(F)(F)F. The van der Waals surface area contributed by atoms with Gasteiger partial charge in [-0.25, -0.2) is 0 Å². The first kappa shape index (κ1) is 15.3. The van der Waals surface area contributed by atoms with Gasteiger partial charge in [-0.3, -0.25) is 4.79 Å². The van der Waals surface area contributed by atoms with Crippen molar-refractivity contribution in [2.24, 2.45) is 0 Å². The molecule has 1 aromatic carbocycles. The maximum Gasteiger partial charge on any atom is 0.573 e. The summed E-state index contributed by atoms with van der Waals surface area (Å²) in [6, 6.07) is 5.60. The first-order chi connectivity index (χ1) is 8.76. The number of nitrogens with zero attached hydrogens (tertiary/aromatic N) is 1. The van der Waals surface area contributed by atoms with Gasteiger partial charge in [-0.15, -0.1) is 24.8 Å². The number of alkyl halides is 4. The van der Waals surface area contributed by atoms with Crippen molar-refractivity contribution in [3.05, 3.63) is 29.3 Å². The Morgan fingerprint density at radius 3 is 2.63 bits per heavy atom. The minimum absolute atomic E-state index is 0.115. The Hall–Kier alpha value is -1.74. The van der Waals surface area contributed by atoms with E-state index in [9.17, 15) is 18.0 Å². The van der Waals surface area contributed by atoms with Crippen molar-refractivity contribution in [1.82, 2.24) is 0 Å². The first-order valence-electron chi connectivity index (χ1n) is 5.15. The lowest BCUT2D eigenvalue weighted by Gasteiger charge is -2.17. The summed E-state index contributed by atoms with van der Waals surface area (Å²) in [7, 11) is 0. The van der Waals surface area contributed by atoms with Gasteiger partial charge in [0.1, 0.15) is 11.1 Å². The van der Waals surface area contributed by atoms with E-state index in [0.29, 0.717) is 0 Å². The van der Waals surface area contributed by atoms with E-state index in [2.05, 4.69) is 4.74 Å². The molecule has 0 radical (unpaired) electrons. The normalized spacial score (nSPS) is 12.6. The lowest BCUT2D eigenvalue weighted by Crippen LogP contribution is -2.19. The Labute approximate surface area is 112 Å². The Morgan fingerprint density at radius 2 is 2.16 bits per heavy atom. The Kier molecular flexibility index (Phi) is 4.78. The predicted octanol–water partition coefficient (Wildman–Crippen LogP) is 3.52. The average molecular weight is 292 g/mol. The zero-order chi connectivity index (χ0) is 14.6. The largest absolute Gasteiger partial charge is 0.573 e. The van der Waals surface area contributed by atoms with Crippen molar-refractivity contribution in [1.29, 1.82) is 5.26 Å². The number of hydrogen-bond donors (Lipinski definition) is 0. The molecule has 102 valence electrons. The van der Waals surface area contributed by atoms with Crippen LogP contribution in [0.2, 0.25) is 0 Å². The van der Waals surface area contributed by atoms with Crippen LogP contribution in [-0.2, 0) is 11.2 Å². The van der Waals surface area contributed by atoms with Gasteiger partial charge in [0.2, 0.25) is 0 Å². The van der Waals surface area contributed by atoms with Gasteiger partial charge in [0, 0.05) is 5.56 Å². The van der Waals surface area contributed by atoms with Crippen molar-refractivity contribution in [3.63, 3.8) is 0 Å². The summed E-state index contributed by atoms with van der Waals surface area (Å²) in [5, 5.41) is 7.36. The summed E-state index contributed by atoms with van der Waals surface area (Å²) in [6.07, 6.45) is -5.06. The van der Waals surface area contributed by atoms with E-state index in [1.54, 1.807) is 6.07 Å². The number of carbonyl (C=O) groups is 1. The van der Waals surface area contributed by atoms with Crippen LogP contribution in [0.5, 0.6) is 5.75 Å². The van der Waals surface area contributed by atoms with Crippen LogP contribution >= 0.6 is 11.6 Å². The molecule has 0 heterocycles. The van der Waals surface area contributed by atoms with E-state index >= 15 is 0 Å². The predicted molar refractivity (Wildman–Crippen MR) is 61.7 cm³/mol. The molecule has 3 nitrogen and oxygen atoms in total. The molecule has 0 aliphatic rings. The fraction of sp³-hybridized carbons (Fsp3) is 0.333. The summed E-state index contributed by atoms with van der Waals surface area (Å²) >= 11 is 5.81. The van der Waals surface area contributed by atoms with Crippen LogP contribution in [0.15, 0.2) is 18.2 Å². The monoisotopic (exact) mass is 291 g/mol. The average Bonchev–Trinajstić information content (AvgIpc) is 2.26. The van der Waals surface area contributed by atoms with Crippen molar-refractivity contribution in [2.45, 2.75) is 25.1 Å². The lowest BCUT2D eigenvalue weighted by molar-refractivity contribution is -0.274. The van der Waals surface area contributed by atoms with Crippen molar-refractivity contribution >= 4 is 17.4 Å². The van der Waals surface area contributed by atoms with Crippen LogP contribution in [0.4, 0.5) is 13.2 Å². The van der Waals surface area contributed by atoms with Gasteiger partial charge in [0.05, 0.1) is 12.5 Å². The highest BCUT2D eigenvalue weighted by Gasteiger charge is 2.34. The number of rotatable bonds is 4. The second-order valence-corrected chi connectivity index (χ2v) is 4.12. The highest BCUT2D eigenvalue weighted by atomic mass is 35.5. The smallest absolute Gasteiger partial charge is 0.405 e. The highest BCUT2D eigenvalue weighted by molar-refractivity contribution is 6.31. The van der Waals surface area contributed by atoms with Crippen molar-refractivity contribution < 1.29 is 22.7 Å². The summed E-state index contributed by atoms with van der Waals surface area (Å²) in [4.78, 5) is 11.3. The molecular weight excluding hydrogens is 283 g/mol. The van der Waals surface area contributed by atoms with Crippen LogP contribution < -0.4 is 4.74 Å². The number of ether oxygens (including phenoxy) is 1. The maximum absolute atomic E-state index is 12.3. The molecule has 1 unspecified atom stereocenters.